The second kappa shape index (κ2) is 7.74. The summed E-state index contributed by atoms with van der Waals surface area (Å²) in [5.41, 5.74) is 1.74. The Hall–Kier alpha value is -3.20. The fourth-order valence-electron chi connectivity index (χ4n) is 5.39. The number of anilines is 1. The van der Waals surface area contributed by atoms with Crippen molar-refractivity contribution < 1.29 is 9.50 Å². The van der Waals surface area contributed by atoms with E-state index in [9.17, 15) is 9.50 Å². The first-order chi connectivity index (χ1) is 15.3. The Bertz CT molecular complexity index is 1110. The monoisotopic (exact) mass is 435 g/mol. The van der Waals surface area contributed by atoms with Crippen LogP contribution in [-0.2, 0) is 0 Å². The third-order valence-corrected chi connectivity index (χ3v) is 6.72. The first-order valence-electron chi connectivity index (χ1n) is 10.9. The molecule has 2 unspecified atom stereocenters. The maximum atomic E-state index is 14.7. The summed E-state index contributed by atoms with van der Waals surface area (Å²) in [5, 5.41) is 36.8. The minimum absolute atomic E-state index is 0.0973. The maximum Gasteiger partial charge on any atom is 0.148 e. The molecule has 8 nitrogen and oxygen atoms in total. The molecule has 9 heteroatoms. The van der Waals surface area contributed by atoms with Crippen LogP contribution in [0.3, 0.4) is 0 Å². The minimum Gasteiger partial charge on any atom is -0.507 e. The molecule has 0 spiro atoms. The molecule has 32 heavy (non-hydrogen) atoms. The molecule has 2 atom stereocenters. The van der Waals surface area contributed by atoms with E-state index in [4.69, 9.17) is 0 Å². The van der Waals surface area contributed by atoms with Gasteiger partial charge in [0.15, 0.2) is 0 Å². The summed E-state index contributed by atoms with van der Waals surface area (Å²) in [7, 11) is 0. The Morgan fingerprint density at radius 1 is 1.06 bits per heavy atom. The molecule has 5 rings (SSSR count). The zero-order chi connectivity index (χ0) is 22.3. The number of nitrogens with zero attached hydrogens (tertiary/aromatic N) is 5. The Morgan fingerprint density at radius 3 is 2.44 bits per heavy atom. The number of benzene rings is 1. The van der Waals surface area contributed by atoms with E-state index in [1.807, 2.05) is 6.07 Å². The minimum atomic E-state index is -0.515. The lowest BCUT2D eigenvalue weighted by atomic mass is 9.80. The number of aromatic hydroxyl groups is 1. The summed E-state index contributed by atoms with van der Waals surface area (Å²) in [4.78, 5) is 0. The molecule has 166 valence electrons. The van der Waals surface area contributed by atoms with Crippen molar-refractivity contribution >= 4 is 5.82 Å². The van der Waals surface area contributed by atoms with Crippen molar-refractivity contribution in [3.63, 3.8) is 0 Å². The number of nitrogens with one attached hydrogen (secondary N) is 2. The molecule has 1 aromatic carbocycles. The van der Waals surface area contributed by atoms with E-state index in [0.29, 0.717) is 23.0 Å². The number of halogens is 1. The molecular formula is C23H26FN7O. The standard InChI is InChI=1S/C23H26FN7O/c1-22-5-6-23(2,30-22)10-14(9-22)11-25-21-4-3-19(28-29-21)17-7-18(24)16(8-20(17)32)15-12-26-31-27-13-15/h3-4,7-8,12-14,30,32H,5-6,9-11H2,1-2H3,(H,25,29). The quantitative estimate of drug-likeness (QED) is 0.558. The number of aromatic nitrogens is 5. The highest BCUT2D eigenvalue weighted by Gasteiger charge is 2.48. The van der Waals surface area contributed by atoms with E-state index in [1.54, 1.807) is 6.07 Å². The van der Waals surface area contributed by atoms with Crippen LogP contribution in [0.5, 0.6) is 5.75 Å². The number of hydrogen-bond acceptors (Lipinski definition) is 8. The van der Waals surface area contributed by atoms with Gasteiger partial charge in [0.1, 0.15) is 17.4 Å². The van der Waals surface area contributed by atoms with Crippen LogP contribution in [0.25, 0.3) is 22.4 Å². The SMILES string of the molecule is CC12CCC(C)(CC(CNc3ccc(-c4cc(F)c(-c5cnnnc5)cc4O)nn3)C1)N2. The zero-order valence-corrected chi connectivity index (χ0v) is 18.1. The van der Waals surface area contributed by atoms with Gasteiger partial charge in [0.25, 0.3) is 0 Å². The molecule has 2 bridgehead atoms. The molecule has 3 aromatic rings. The van der Waals surface area contributed by atoms with Crippen LogP contribution < -0.4 is 10.6 Å². The van der Waals surface area contributed by atoms with Crippen LogP contribution in [0.15, 0.2) is 36.7 Å². The van der Waals surface area contributed by atoms with Crippen molar-refractivity contribution in [2.75, 3.05) is 11.9 Å². The van der Waals surface area contributed by atoms with Gasteiger partial charge in [-0.2, -0.15) is 0 Å². The van der Waals surface area contributed by atoms with Gasteiger partial charge in [-0.3, -0.25) is 0 Å². The fourth-order valence-corrected chi connectivity index (χ4v) is 5.39. The van der Waals surface area contributed by atoms with Crippen molar-refractivity contribution in [1.29, 1.82) is 0 Å². The molecule has 0 aliphatic carbocycles. The highest BCUT2D eigenvalue weighted by atomic mass is 19.1. The highest BCUT2D eigenvalue weighted by molar-refractivity contribution is 5.74. The number of hydrogen-bond donors (Lipinski definition) is 3. The summed E-state index contributed by atoms with van der Waals surface area (Å²) in [6, 6.07) is 6.12. The van der Waals surface area contributed by atoms with Crippen molar-refractivity contribution in [2.45, 2.75) is 50.6 Å². The van der Waals surface area contributed by atoms with Gasteiger partial charge < -0.3 is 15.7 Å². The summed E-state index contributed by atoms with van der Waals surface area (Å²) < 4.78 is 14.7. The normalized spacial score (nSPS) is 26.8. The molecule has 2 aliphatic heterocycles. The van der Waals surface area contributed by atoms with E-state index >= 15 is 0 Å². The third-order valence-electron chi connectivity index (χ3n) is 6.72. The van der Waals surface area contributed by atoms with Crippen molar-refractivity contribution in [3.8, 4) is 28.1 Å². The first kappa shape index (κ1) is 20.7. The predicted octanol–water partition coefficient (Wildman–Crippen LogP) is 3.56. The molecule has 2 saturated heterocycles. The Balaban J connectivity index is 1.28. The number of fused-ring (bicyclic) bond motifs is 2. The second-order valence-corrected chi connectivity index (χ2v) is 9.59. The lowest BCUT2D eigenvalue weighted by Gasteiger charge is -2.42. The number of phenolic OH excluding ortho intramolecular Hbond substituents is 1. The van der Waals surface area contributed by atoms with Crippen LogP contribution in [0.1, 0.15) is 39.5 Å². The third kappa shape index (κ3) is 4.00. The van der Waals surface area contributed by atoms with E-state index in [1.165, 1.54) is 37.4 Å². The average Bonchev–Trinajstić information content (AvgIpc) is 3.01. The molecular weight excluding hydrogens is 409 g/mol. The van der Waals surface area contributed by atoms with Crippen molar-refractivity contribution in [1.82, 2.24) is 30.9 Å². The molecule has 2 aliphatic rings. The average molecular weight is 436 g/mol. The first-order valence-corrected chi connectivity index (χ1v) is 10.9. The lowest BCUT2D eigenvalue weighted by molar-refractivity contribution is 0.178. The molecule has 2 fully saturated rings. The predicted molar refractivity (Wildman–Crippen MR) is 118 cm³/mol. The Morgan fingerprint density at radius 2 is 1.78 bits per heavy atom. The lowest BCUT2D eigenvalue weighted by Crippen LogP contribution is -2.54. The molecule has 2 aromatic heterocycles. The van der Waals surface area contributed by atoms with Crippen LogP contribution in [0.4, 0.5) is 10.2 Å². The van der Waals surface area contributed by atoms with Crippen LogP contribution in [-0.4, -0.2) is 48.3 Å². The number of piperidine rings is 1. The molecule has 0 saturated carbocycles. The fraction of sp³-hybridized carbons (Fsp3) is 0.435. The van der Waals surface area contributed by atoms with E-state index in [0.717, 1.165) is 19.4 Å². The van der Waals surface area contributed by atoms with Crippen LogP contribution in [0, 0.1) is 11.7 Å². The van der Waals surface area contributed by atoms with Gasteiger partial charge in [-0.05, 0) is 74.9 Å². The van der Waals surface area contributed by atoms with Gasteiger partial charge in [-0.25, -0.2) is 4.39 Å². The largest absolute Gasteiger partial charge is 0.507 e. The Labute approximate surface area is 185 Å². The summed E-state index contributed by atoms with van der Waals surface area (Å²) in [6.07, 6.45) is 7.51. The number of phenols is 1. The van der Waals surface area contributed by atoms with Crippen molar-refractivity contribution in [3.05, 3.63) is 42.5 Å². The smallest absolute Gasteiger partial charge is 0.148 e. The highest BCUT2D eigenvalue weighted by Crippen LogP contribution is 2.44. The zero-order valence-electron chi connectivity index (χ0n) is 18.1. The maximum absolute atomic E-state index is 14.7. The summed E-state index contributed by atoms with van der Waals surface area (Å²) in [5.74, 6) is 0.623. The van der Waals surface area contributed by atoms with Gasteiger partial charge in [-0.15, -0.1) is 20.4 Å². The van der Waals surface area contributed by atoms with E-state index < -0.39 is 5.82 Å². The van der Waals surface area contributed by atoms with Crippen molar-refractivity contribution in [2.24, 2.45) is 5.92 Å². The topological polar surface area (TPSA) is 109 Å². The molecule has 3 N–H and O–H groups in total. The molecule has 4 heterocycles. The van der Waals surface area contributed by atoms with Gasteiger partial charge in [0.2, 0.25) is 0 Å². The van der Waals surface area contributed by atoms with Gasteiger partial charge in [0, 0.05) is 34.3 Å². The van der Waals surface area contributed by atoms with Crippen LogP contribution >= 0.6 is 0 Å². The van der Waals surface area contributed by atoms with Gasteiger partial charge in [0.05, 0.1) is 18.1 Å². The van der Waals surface area contributed by atoms with E-state index in [-0.39, 0.29) is 28.0 Å². The van der Waals surface area contributed by atoms with Crippen LogP contribution in [0.2, 0.25) is 0 Å². The summed E-state index contributed by atoms with van der Waals surface area (Å²) in [6.45, 7) is 5.47. The van der Waals surface area contributed by atoms with Gasteiger partial charge >= 0.3 is 0 Å². The Kier molecular flexibility index (Phi) is 5.00. The van der Waals surface area contributed by atoms with Gasteiger partial charge in [-0.1, -0.05) is 0 Å². The molecule has 0 radical (unpaired) electrons. The van der Waals surface area contributed by atoms with E-state index in [2.05, 4.69) is 50.1 Å². The second-order valence-electron chi connectivity index (χ2n) is 9.59. The number of rotatable bonds is 5. The molecule has 0 amide bonds. The summed E-state index contributed by atoms with van der Waals surface area (Å²) >= 11 is 0.